The van der Waals surface area contributed by atoms with E-state index in [2.05, 4.69) is 0 Å². The highest BCUT2D eigenvalue weighted by Gasteiger charge is 2.04. The molecule has 2 aromatic carbocycles. The molecule has 2 aromatic rings. The number of benzene rings is 2. The zero-order valence-electron chi connectivity index (χ0n) is 8.79. The first kappa shape index (κ1) is 11.9. The summed E-state index contributed by atoms with van der Waals surface area (Å²) in [7, 11) is 0. The maximum absolute atomic E-state index is 12.9. The molecule has 0 aliphatic carbocycles. The van der Waals surface area contributed by atoms with Crippen LogP contribution in [0.15, 0.2) is 42.5 Å². The maximum atomic E-state index is 12.9. The fraction of sp³-hybridized carbons (Fsp3) is 0.0769. The summed E-state index contributed by atoms with van der Waals surface area (Å²) >= 11 is 5.93. The molecule has 0 aliphatic heterocycles. The quantitative estimate of drug-likeness (QED) is 0.798. The molecule has 0 aromatic heterocycles. The second-order valence-corrected chi connectivity index (χ2v) is 3.86. The molecule has 1 nitrogen and oxygen atoms in total. The van der Waals surface area contributed by atoms with Gasteiger partial charge in [-0.1, -0.05) is 29.8 Å². The summed E-state index contributed by atoms with van der Waals surface area (Å²) in [5.41, 5.74) is 0.791. The number of ether oxygens (including phenoxy) is 1. The van der Waals surface area contributed by atoms with Gasteiger partial charge in [-0.2, -0.15) is 0 Å². The lowest BCUT2D eigenvalue weighted by molar-refractivity contribution is 0.303. The van der Waals surface area contributed by atoms with Crippen LogP contribution in [-0.4, -0.2) is 0 Å². The summed E-state index contributed by atoms with van der Waals surface area (Å²) in [6, 6.07) is 10.6. The Labute approximate surface area is 103 Å². The predicted octanol–water partition coefficient (Wildman–Crippen LogP) is 4.20. The molecule has 0 saturated heterocycles. The Morgan fingerprint density at radius 2 is 1.76 bits per heavy atom. The van der Waals surface area contributed by atoms with Crippen molar-refractivity contribution in [3.05, 3.63) is 64.7 Å². The van der Waals surface area contributed by atoms with Gasteiger partial charge in [0.05, 0.1) is 0 Å². The number of hydrogen-bond acceptors (Lipinski definition) is 1. The van der Waals surface area contributed by atoms with Gasteiger partial charge in [-0.05, 0) is 18.2 Å². The summed E-state index contributed by atoms with van der Waals surface area (Å²) in [5.74, 6) is -1.56. The Hall–Kier alpha value is -1.61. The van der Waals surface area contributed by atoms with Crippen molar-refractivity contribution in [3.63, 3.8) is 0 Å². The van der Waals surface area contributed by atoms with Crippen molar-refractivity contribution in [1.29, 1.82) is 0 Å². The van der Waals surface area contributed by atoms with E-state index in [4.69, 9.17) is 16.3 Å². The van der Waals surface area contributed by atoms with Gasteiger partial charge >= 0.3 is 0 Å². The Kier molecular flexibility index (Phi) is 3.59. The SMILES string of the molecule is Fc1ccc(OCc2ccccc2Cl)cc1F. The lowest BCUT2D eigenvalue weighted by atomic mass is 10.2. The predicted molar refractivity (Wildman–Crippen MR) is 62.1 cm³/mol. The van der Waals surface area contributed by atoms with Gasteiger partial charge in [-0.25, -0.2) is 8.78 Å². The van der Waals surface area contributed by atoms with E-state index in [1.54, 1.807) is 6.07 Å². The van der Waals surface area contributed by atoms with Gasteiger partial charge in [0, 0.05) is 16.7 Å². The van der Waals surface area contributed by atoms with Crippen LogP contribution in [0, 0.1) is 11.6 Å². The van der Waals surface area contributed by atoms with Crippen LogP contribution in [0.4, 0.5) is 8.78 Å². The molecule has 0 saturated carbocycles. The maximum Gasteiger partial charge on any atom is 0.162 e. The average Bonchev–Trinajstić information content (AvgIpc) is 2.32. The zero-order chi connectivity index (χ0) is 12.3. The molecule has 0 spiro atoms. The van der Waals surface area contributed by atoms with E-state index < -0.39 is 11.6 Å². The lowest BCUT2D eigenvalue weighted by Crippen LogP contribution is -1.97. The molecule has 88 valence electrons. The van der Waals surface area contributed by atoms with Crippen LogP contribution in [0.3, 0.4) is 0 Å². The van der Waals surface area contributed by atoms with Crippen LogP contribution in [0.2, 0.25) is 5.02 Å². The van der Waals surface area contributed by atoms with E-state index in [0.717, 1.165) is 17.7 Å². The smallest absolute Gasteiger partial charge is 0.162 e. The van der Waals surface area contributed by atoms with Gasteiger partial charge in [0.1, 0.15) is 12.4 Å². The van der Waals surface area contributed by atoms with Crippen LogP contribution in [-0.2, 0) is 6.61 Å². The summed E-state index contributed by atoms with van der Waals surface area (Å²) in [4.78, 5) is 0. The summed E-state index contributed by atoms with van der Waals surface area (Å²) in [6.45, 7) is 0.213. The normalized spacial score (nSPS) is 10.3. The van der Waals surface area contributed by atoms with E-state index >= 15 is 0 Å². The molecular formula is C13H9ClF2O. The Morgan fingerprint density at radius 1 is 1.00 bits per heavy atom. The summed E-state index contributed by atoms with van der Waals surface area (Å²) < 4.78 is 30.9. The van der Waals surface area contributed by atoms with E-state index in [-0.39, 0.29) is 12.4 Å². The second-order valence-electron chi connectivity index (χ2n) is 3.46. The Bertz CT molecular complexity index is 529. The first-order chi connectivity index (χ1) is 8.16. The molecule has 0 radical (unpaired) electrons. The largest absolute Gasteiger partial charge is 0.489 e. The zero-order valence-corrected chi connectivity index (χ0v) is 9.55. The molecular weight excluding hydrogens is 246 g/mol. The van der Waals surface area contributed by atoms with Crippen molar-refractivity contribution in [2.24, 2.45) is 0 Å². The third-order valence-corrected chi connectivity index (χ3v) is 2.61. The van der Waals surface area contributed by atoms with Crippen molar-refractivity contribution in [3.8, 4) is 5.75 Å². The minimum Gasteiger partial charge on any atom is -0.489 e. The minimum atomic E-state index is -0.929. The lowest BCUT2D eigenvalue weighted by Gasteiger charge is -2.07. The first-order valence-corrected chi connectivity index (χ1v) is 5.36. The van der Waals surface area contributed by atoms with Crippen LogP contribution in [0.5, 0.6) is 5.75 Å². The van der Waals surface area contributed by atoms with Crippen molar-refractivity contribution >= 4 is 11.6 Å². The minimum absolute atomic E-state index is 0.213. The fourth-order valence-corrected chi connectivity index (χ4v) is 1.53. The van der Waals surface area contributed by atoms with Gasteiger partial charge in [-0.15, -0.1) is 0 Å². The van der Waals surface area contributed by atoms with Crippen molar-refractivity contribution < 1.29 is 13.5 Å². The molecule has 4 heteroatoms. The second kappa shape index (κ2) is 5.15. The van der Waals surface area contributed by atoms with Gasteiger partial charge in [0.15, 0.2) is 11.6 Å². The molecule has 0 fully saturated rings. The molecule has 0 N–H and O–H groups in total. The number of rotatable bonds is 3. The van der Waals surface area contributed by atoms with Crippen molar-refractivity contribution in [1.82, 2.24) is 0 Å². The highest BCUT2D eigenvalue weighted by molar-refractivity contribution is 6.31. The Balaban J connectivity index is 2.08. The molecule has 0 atom stereocenters. The van der Waals surface area contributed by atoms with Crippen molar-refractivity contribution in [2.45, 2.75) is 6.61 Å². The van der Waals surface area contributed by atoms with Gasteiger partial charge in [0.2, 0.25) is 0 Å². The van der Waals surface area contributed by atoms with Crippen LogP contribution >= 0.6 is 11.6 Å². The molecule has 17 heavy (non-hydrogen) atoms. The summed E-state index contributed by atoms with van der Waals surface area (Å²) in [5, 5.41) is 0.579. The molecule has 0 unspecified atom stereocenters. The number of halogens is 3. The van der Waals surface area contributed by atoms with Crippen LogP contribution < -0.4 is 4.74 Å². The third-order valence-electron chi connectivity index (χ3n) is 2.24. The van der Waals surface area contributed by atoms with Crippen LogP contribution in [0.25, 0.3) is 0 Å². The van der Waals surface area contributed by atoms with Crippen LogP contribution in [0.1, 0.15) is 5.56 Å². The van der Waals surface area contributed by atoms with Gasteiger partial charge in [0.25, 0.3) is 0 Å². The fourth-order valence-electron chi connectivity index (χ4n) is 1.34. The number of hydrogen-bond donors (Lipinski definition) is 0. The molecule has 2 rings (SSSR count). The van der Waals surface area contributed by atoms with Gasteiger partial charge in [-0.3, -0.25) is 0 Å². The average molecular weight is 255 g/mol. The van der Waals surface area contributed by atoms with Crippen molar-refractivity contribution in [2.75, 3.05) is 0 Å². The molecule has 0 aliphatic rings. The van der Waals surface area contributed by atoms with E-state index in [0.29, 0.717) is 5.02 Å². The monoisotopic (exact) mass is 254 g/mol. The highest BCUT2D eigenvalue weighted by Crippen LogP contribution is 2.20. The van der Waals surface area contributed by atoms with E-state index in [1.807, 2.05) is 18.2 Å². The third kappa shape index (κ3) is 2.94. The van der Waals surface area contributed by atoms with Gasteiger partial charge < -0.3 is 4.74 Å². The van der Waals surface area contributed by atoms with E-state index in [9.17, 15) is 8.78 Å². The summed E-state index contributed by atoms with van der Waals surface area (Å²) in [6.07, 6.45) is 0. The molecule has 0 amide bonds. The van der Waals surface area contributed by atoms with E-state index in [1.165, 1.54) is 6.07 Å². The standard InChI is InChI=1S/C13H9ClF2O/c14-11-4-2-1-3-9(11)8-17-10-5-6-12(15)13(16)7-10/h1-7H,8H2. The molecule has 0 heterocycles. The first-order valence-electron chi connectivity index (χ1n) is 4.98. The highest BCUT2D eigenvalue weighted by atomic mass is 35.5. The topological polar surface area (TPSA) is 9.23 Å². The Morgan fingerprint density at radius 3 is 2.47 bits per heavy atom. The molecule has 0 bridgehead atoms.